The zero-order valence-electron chi connectivity index (χ0n) is 8.47. The van der Waals surface area contributed by atoms with Crippen molar-refractivity contribution in [3.05, 3.63) is 11.4 Å². The predicted octanol–water partition coefficient (Wildman–Crippen LogP) is 0.720. The quantitative estimate of drug-likeness (QED) is 0.722. The molecule has 1 aliphatic rings. The lowest BCUT2D eigenvalue weighted by Gasteiger charge is -2.11. The number of aryl methyl sites for hydroxylation is 1. The van der Waals surface area contributed by atoms with Crippen molar-refractivity contribution in [1.82, 2.24) is 15.0 Å². The maximum atomic E-state index is 9.72. The fourth-order valence-corrected chi connectivity index (χ4v) is 1.55. The lowest BCUT2D eigenvalue weighted by atomic mass is 10.2. The van der Waals surface area contributed by atoms with Gasteiger partial charge in [-0.05, 0) is 19.8 Å². The molecule has 5 nitrogen and oxygen atoms in total. The lowest BCUT2D eigenvalue weighted by Crippen LogP contribution is -2.10. The first kappa shape index (κ1) is 9.61. The summed E-state index contributed by atoms with van der Waals surface area (Å²) in [6, 6.07) is 0. The minimum absolute atomic E-state index is 0.480. The molecule has 1 aromatic rings. The second kappa shape index (κ2) is 3.67. The molecule has 1 atom stereocenters. The molecule has 1 N–H and O–H groups in total. The Morgan fingerprint density at radius 3 is 2.93 bits per heavy atom. The maximum Gasteiger partial charge on any atom is 0.200 e. The molecule has 0 amide bonds. The average molecular weight is 197 g/mol. The van der Waals surface area contributed by atoms with E-state index in [4.69, 9.17) is 4.74 Å². The average Bonchev–Trinajstić information content (AvgIpc) is 2.90. The largest absolute Gasteiger partial charge is 0.363 e. The molecule has 1 aromatic heterocycles. The van der Waals surface area contributed by atoms with Crippen LogP contribution in [0.2, 0.25) is 0 Å². The fraction of sp³-hybridized carbons (Fsp3) is 0.778. The molecule has 1 aliphatic carbocycles. The van der Waals surface area contributed by atoms with Crippen LogP contribution in [0.15, 0.2) is 0 Å². The second-order valence-electron chi connectivity index (χ2n) is 3.57. The monoisotopic (exact) mass is 197 g/mol. The first-order valence-corrected chi connectivity index (χ1v) is 4.93. The van der Waals surface area contributed by atoms with Gasteiger partial charge in [0.15, 0.2) is 6.29 Å². The topological polar surface area (TPSA) is 60.2 Å². The van der Waals surface area contributed by atoms with E-state index in [2.05, 4.69) is 10.3 Å². The normalized spacial score (nSPS) is 18.5. The number of hydrogen-bond acceptors (Lipinski definition) is 4. The Hall–Kier alpha value is -0.940. The van der Waals surface area contributed by atoms with Gasteiger partial charge in [-0.2, -0.15) is 0 Å². The molecule has 0 bridgehead atoms. The summed E-state index contributed by atoms with van der Waals surface area (Å²) in [4.78, 5) is 0. The highest BCUT2D eigenvalue weighted by Crippen LogP contribution is 2.41. The van der Waals surface area contributed by atoms with Gasteiger partial charge in [0.05, 0.1) is 5.69 Å². The Labute approximate surface area is 82.7 Å². The van der Waals surface area contributed by atoms with Crippen molar-refractivity contribution in [3.8, 4) is 0 Å². The zero-order valence-corrected chi connectivity index (χ0v) is 8.47. The standard InChI is InChI=1S/C9H15N3O2/c1-3-14-9(13)8-7(6-4-5-6)10-11-12(8)2/h6,9,13H,3-5H2,1-2H3/t9-/m0/s1. The molecule has 1 heterocycles. The number of ether oxygens (including phenoxy) is 1. The van der Waals surface area contributed by atoms with Crippen LogP contribution in [0.1, 0.15) is 43.4 Å². The summed E-state index contributed by atoms with van der Waals surface area (Å²) in [5.41, 5.74) is 1.60. The van der Waals surface area contributed by atoms with Crippen molar-refractivity contribution in [2.45, 2.75) is 32.0 Å². The highest BCUT2D eigenvalue weighted by Gasteiger charge is 2.32. The molecule has 0 radical (unpaired) electrons. The van der Waals surface area contributed by atoms with Crippen LogP contribution in [0, 0.1) is 0 Å². The fourth-order valence-electron chi connectivity index (χ4n) is 1.55. The van der Waals surface area contributed by atoms with Crippen molar-refractivity contribution in [2.75, 3.05) is 6.61 Å². The van der Waals surface area contributed by atoms with Gasteiger partial charge in [0.2, 0.25) is 0 Å². The van der Waals surface area contributed by atoms with Crippen LogP contribution in [-0.4, -0.2) is 26.7 Å². The van der Waals surface area contributed by atoms with Crippen LogP contribution >= 0.6 is 0 Å². The van der Waals surface area contributed by atoms with E-state index in [-0.39, 0.29) is 0 Å². The Morgan fingerprint density at radius 1 is 1.64 bits per heavy atom. The zero-order chi connectivity index (χ0) is 10.1. The van der Waals surface area contributed by atoms with Crippen molar-refractivity contribution in [2.24, 2.45) is 7.05 Å². The summed E-state index contributed by atoms with van der Waals surface area (Å²) >= 11 is 0. The molecule has 0 saturated heterocycles. The van der Waals surface area contributed by atoms with E-state index in [0.29, 0.717) is 18.2 Å². The van der Waals surface area contributed by atoms with Crippen molar-refractivity contribution < 1.29 is 9.84 Å². The van der Waals surface area contributed by atoms with Crippen molar-refractivity contribution in [1.29, 1.82) is 0 Å². The number of aromatic nitrogens is 3. The first-order valence-electron chi connectivity index (χ1n) is 4.93. The summed E-state index contributed by atoms with van der Waals surface area (Å²) < 4.78 is 6.73. The molecular formula is C9H15N3O2. The number of aliphatic hydroxyl groups is 1. The Kier molecular flexibility index (Phi) is 2.52. The molecule has 0 unspecified atom stereocenters. The lowest BCUT2D eigenvalue weighted by molar-refractivity contribution is -0.103. The molecule has 14 heavy (non-hydrogen) atoms. The van der Waals surface area contributed by atoms with E-state index in [9.17, 15) is 5.11 Å². The third-order valence-corrected chi connectivity index (χ3v) is 2.42. The molecule has 0 spiro atoms. The molecule has 1 saturated carbocycles. The number of nitrogens with zero attached hydrogens (tertiary/aromatic N) is 3. The Bertz CT molecular complexity index is 320. The van der Waals surface area contributed by atoms with Gasteiger partial charge in [0.25, 0.3) is 0 Å². The smallest absolute Gasteiger partial charge is 0.200 e. The van der Waals surface area contributed by atoms with E-state index in [0.717, 1.165) is 18.5 Å². The minimum atomic E-state index is -0.893. The van der Waals surface area contributed by atoms with E-state index in [1.165, 1.54) is 0 Å². The third-order valence-electron chi connectivity index (χ3n) is 2.42. The van der Waals surface area contributed by atoms with Crippen LogP contribution in [0.4, 0.5) is 0 Å². The van der Waals surface area contributed by atoms with Gasteiger partial charge in [0.1, 0.15) is 5.69 Å². The summed E-state index contributed by atoms with van der Waals surface area (Å²) in [6.45, 7) is 2.33. The van der Waals surface area contributed by atoms with Crippen LogP contribution in [-0.2, 0) is 11.8 Å². The summed E-state index contributed by atoms with van der Waals surface area (Å²) in [6.07, 6.45) is 1.39. The summed E-state index contributed by atoms with van der Waals surface area (Å²) in [5.74, 6) is 0.480. The predicted molar refractivity (Wildman–Crippen MR) is 49.6 cm³/mol. The minimum Gasteiger partial charge on any atom is -0.363 e. The van der Waals surface area contributed by atoms with Crippen molar-refractivity contribution in [3.63, 3.8) is 0 Å². The molecule has 1 fully saturated rings. The van der Waals surface area contributed by atoms with Crippen LogP contribution in [0.5, 0.6) is 0 Å². The van der Waals surface area contributed by atoms with Crippen LogP contribution in [0.25, 0.3) is 0 Å². The highest BCUT2D eigenvalue weighted by atomic mass is 16.6. The summed E-state index contributed by atoms with van der Waals surface area (Å²) in [7, 11) is 1.77. The molecular weight excluding hydrogens is 182 g/mol. The third kappa shape index (κ3) is 1.65. The van der Waals surface area contributed by atoms with Crippen molar-refractivity contribution >= 4 is 0 Å². The molecule has 78 valence electrons. The van der Waals surface area contributed by atoms with Gasteiger partial charge in [-0.15, -0.1) is 5.10 Å². The maximum absolute atomic E-state index is 9.72. The number of aliphatic hydroxyl groups excluding tert-OH is 1. The van der Waals surface area contributed by atoms with Crippen LogP contribution < -0.4 is 0 Å². The second-order valence-corrected chi connectivity index (χ2v) is 3.57. The van der Waals surface area contributed by atoms with Gasteiger partial charge < -0.3 is 9.84 Å². The Morgan fingerprint density at radius 2 is 2.36 bits per heavy atom. The SMILES string of the molecule is CCO[C@H](O)c1c(C2CC2)nnn1C. The Balaban J connectivity index is 2.24. The van der Waals surface area contributed by atoms with E-state index in [1.807, 2.05) is 6.92 Å². The molecule has 0 aliphatic heterocycles. The first-order chi connectivity index (χ1) is 6.74. The van der Waals surface area contributed by atoms with Gasteiger partial charge >= 0.3 is 0 Å². The molecule has 0 aromatic carbocycles. The summed E-state index contributed by atoms with van der Waals surface area (Å²) in [5, 5.41) is 17.7. The van der Waals surface area contributed by atoms with Gasteiger partial charge in [-0.1, -0.05) is 5.21 Å². The van der Waals surface area contributed by atoms with E-state index < -0.39 is 6.29 Å². The van der Waals surface area contributed by atoms with E-state index in [1.54, 1.807) is 11.7 Å². The van der Waals surface area contributed by atoms with E-state index >= 15 is 0 Å². The van der Waals surface area contributed by atoms with Gasteiger partial charge in [0, 0.05) is 19.6 Å². The highest BCUT2D eigenvalue weighted by molar-refractivity contribution is 5.20. The molecule has 5 heteroatoms. The van der Waals surface area contributed by atoms with Gasteiger partial charge in [-0.25, -0.2) is 4.68 Å². The number of hydrogen-bond donors (Lipinski definition) is 1. The number of rotatable bonds is 4. The molecule has 2 rings (SSSR count). The van der Waals surface area contributed by atoms with Crippen LogP contribution in [0.3, 0.4) is 0 Å². The van der Waals surface area contributed by atoms with Gasteiger partial charge in [-0.3, -0.25) is 0 Å².